The number of benzene rings is 3. The number of oxime groups is 1. The zero-order valence-electron chi connectivity index (χ0n) is 31.7. The van der Waals surface area contributed by atoms with Crippen molar-refractivity contribution in [2.45, 2.75) is 99.8 Å². The fourth-order valence-electron chi connectivity index (χ4n) is 9.39. The van der Waals surface area contributed by atoms with Crippen LogP contribution in [0.15, 0.2) is 102 Å². The molecule has 0 unspecified atom stereocenters. The fourth-order valence-corrected chi connectivity index (χ4v) is 11.2. The minimum absolute atomic E-state index is 0.000595. The SMILES string of the molecule is C=CCO[C@@]12Oc3ccc(Oc4ccc(-c5ccccc5)cc4)cc3[C@H]3[C@H](CCCCO)[C@@H](CCCCO)C=C(C(=NOCC)C[C@@H]1SC1CCCC1)[C@H]32. The van der Waals surface area contributed by atoms with E-state index in [0.29, 0.717) is 24.9 Å². The molecule has 0 radical (unpaired) electrons. The van der Waals surface area contributed by atoms with E-state index in [1.165, 1.54) is 36.8 Å². The number of allylic oxidation sites excluding steroid dienone is 1. The van der Waals surface area contributed by atoms with Crippen LogP contribution in [0.2, 0.25) is 0 Å². The van der Waals surface area contributed by atoms with Gasteiger partial charge in [0.1, 0.15) is 23.9 Å². The summed E-state index contributed by atoms with van der Waals surface area (Å²) in [6.45, 7) is 7.29. The molecule has 2 saturated carbocycles. The Morgan fingerprint density at radius 1 is 0.907 bits per heavy atom. The van der Waals surface area contributed by atoms with Crippen LogP contribution in [0.5, 0.6) is 17.2 Å². The molecule has 1 aliphatic heterocycles. The van der Waals surface area contributed by atoms with Gasteiger partial charge in [-0.1, -0.05) is 85.5 Å². The van der Waals surface area contributed by atoms with E-state index in [-0.39, 0.29) is 42.1 Å². The number of nitrogens with zero attached hydrogens (tertiary/aromatic N) is 1. The van der Waals surface area contributed by atoms with Gasteiger partial charge in [-0.05, 0) is 104 Å². The van der Waals surface area contributed by atoms with Gasteiger partial charge in [-0.2, -0.15) is 0 Å². The second-order valence-corrected chi connectivity index (χ2v) is 16.7. The van der Waals surface area contributed by atoms with Crippen molar-refractivity contribution in [2.75, 3.05) is 26.4 Å². The summed E-state index contributed by atoms with van der Waals surface area (Å²) < 4.78 is 21.0. The molecule has 6 atom stereocenters. The zero-order valence-corrected chi connectivity index (χ0v) is 32.6. The molecule has 54 heavy (non-hydrogen) atoms. The summed E-state index contributed by atoms with van der Waals surface area (Å²) in [5.41, 5.74) is 5.61. The molecular formula is C46H57NO6S. The Morgan fingerprint density at radius 3 is 2.35 bits per heavy atom. The van der Waals surface area contributed by atoms with Crippen molar-refractivity contribution in [1.82, 2.24) is 0 Å². The van der Waals surface area contributed by atoms with E-state index >= 15 is 0 Å². The first-order valence-corrected chi connectivity index (χ1v) is 21.2. The Bertz CT molecular complexity index is 1740. The fraction of sp³-hybridized carbons (Fsp3) is 0.500. The summed E-state index contributed by atoms with van der Waals surface area (Å²) in [6, 6.07) is 25.0. The monoisotopic (exact) mass is 751 g/mol. The van der Waals surface area contributed by atoms with Crippen LogP contribution < -0.4 is 9.47 Å². The van der Waals surface area contributed by atoms with Gasteiger partial charge in [-0.15, -0.1) is 18.3 Å². The molecule has 3 aromatic rings. The molecule has 2 fully saturated rings. The number of unbranched alkanes of at least 4 members (excludes halogenated alkanes) is 2. The van der Waals surface area contributed by atoms with Crippen molar-refractivity contribution >= 4 is 17.5 Å². The summed E-state index contributed by atoms with van der Waals surface area (Å²) >= 11 is 2.02. The Hall–Kier alpha value is -3.56. The van der Waals surface area contributed by atoms with Crippen LogP contribution in [-0.4, -0.2) is 58.6 Å². The molecule has 2 N–H and O–H groups in total. The molecule has 4 aliphatic rings. The highest BCUT2D eigenvalue weighted by molar-refractivity contribution is 8.00. The van der Waals surface area contributed by atoms with E-state index in [9.17, 15) is 10.2 Å². The molecule has 3 aliphatic carbocycles. The van der Waals surface area contributed by atoms with E-state index in [0.717, 1.165) is 72.6 Å². The summed E-state index contributed by atoms with van der Waals surface area (Å²) in [5.74, 6) is 1.86. The van der Waals surface area contributed by atoms with Crippen LogP contribution in [0.3, 0.4) is 0 Å². The van der Waals surface area contributed by atoms with Crippen LogP contribution in [0, 0.1) is 17.8 Å². The summed E-state index contributed by atoms with van der Waals surface area (Å²) in [4.78, 5) is 5.87. The van der Waals surface area contributed by atoms with Gasteiger partial charge in [0.05, 0.1) is 23.5 Å². The van der Waals surface area contributed by atoms with Crippen LogP contribution in [0.1, 0.15) is 89.0 Å². The van der Waals surface area contributed by atoms with E-state index in [1.807, 2.05) is 49.0 Å². The van der Waals surface area contributed by atoms with Crippen LogP contribution in [0.4, 0.5) is 0 Å². The standard InChI is InChI=1S/C46H57NO6S/c1-3-28-50-46-43(54-37-17-8-9-18-37)31-41(47-51-4-2)39-29-34(16-10-12-26-48)38(19-11-13-27-49)44(45(39)46)40-30-36(24-25-42(40)53-46)52-35-22-20-33(21-23-35)32-14-6-5-7-15-32/h3,5-7,14-15,20-25,29-30,34,37-38,43-45,48-49H,1,4,8-13,16-19,26-28,31H2,2H3/t34-,38+,43-,44+,45+,46+/m0/s1. The second-order valence-electron chi connectivity index (χ2n) is 15.2. The number of thioether (sulfide) groups is 1. The zero-order chi connectivity index (χ0) is 37.3. The number of aliphatic hydroxyl groups excluding tert-OH is 2. The predicted molar refractivity (Wildman–Crippen MR) is 218 cm³/mol. The van der Waals surface area contributed by atoms with E-state index in [4.69, 9.17) is 24.2 Å². The van der Waals surface area contributed by atoms with Gasteiger partial charge in [-0.25, -0.2) is 0 Å². The number of ether oxygens (including phenoxy) is 3. The number of rotatable bonds is 18. The Morgan fingerprint density at radius 2 is 1.63 bits per heavy atom. The smallest absolute Gasteiger partial charge is 0.230 e. The lowest BCUT2D eigenvalue weighted by Gasteiger charge is -2.58. The Labute approximate surface area is 325 Å². The van der Waals surface area contributed by atoms with Crippen molar-refractivity contribution in [3.63, 3.8) is 0 Å². The summed E-state index contributed by atoms with van der Waals surface area (Å²) in [6.07, 6.45) is 15.2. The summed E-state index contributed by atoms with van der Waals surface area (Å²) in [7, 11) is 0. The molecule has 0 bridgehead atoms. The lowest BCUT2D eigenvalue weighted by Crippen LogP contribution is -2.64. The Kier molecular flexibility index (Phi) is 13.2. The largest absolute Gasteiger partial charge is 0.460 e. The molecule has 3 aromatic carbocycles. The minimum Gasteiger partial charge on any atom is -0.460 e. The lowest BCUT2D eigenvalue weighted by atomic mass is 9.56. The van der Waals surface area contributed by atoms with Gasteiger partial charge in [0.25, 0.3) is 0 Å². The first-order chi connectivity index (χ1) is 26.6. The molecule has 7 nitrogen and oxygen atoms in total. The van der Waals surface area contributed by atoms with Crippen molar-refractivity contribution in [3.8, 4) is 28.4 Å². The van der Waals surface area contributed by atoms with Crippen molar-refractivity contribution < 1.29 is 29.3 Å². The molecule has 0 amide bonds. The Balaban J connectivity index is 1.34. The first-order valence-electron chi connectivity index (χ1n) is 20.3. The van der Waals surface area contributed by atoms with Gasteiger partial charge in [-0.3, -0.25) is 0 Å². The number of hydrogen-bond acceptors (Lipinski definition) is 8. The normalized spacial score (nSPS) is 26.8. The van der Waals surface area contributed by atoms with E-state index in [1.54, 1.807) is 0 Å². The first kappa shape index (κ1) is 38.7. The average Bonchev–Trinajstić information content (AvgIpc) is 3.72. The maximum Gasteiger partial charge on any atom is 0.230 e. The number of fused-ring (bicyclic) bond motifs is 2. The second kappa shape index (κ2) is 18.4. The molecule has 1 heterocycles. The van der Waals surface area contributed by atoms with E-state index in [2.05, 4.69) is 61.2 Å². The maximum atomic E-state index is 9.90. The van der Waals surface area contributed by atoms with E-state index < -0.39 is 5.79 Å². The highest BCUT2D eigenvalue weighted by atomic mass is 32.2. The molecule has 0 aromatic heterocycles. The third-order valence-corrected chi connectivity index (χ3v) is 13.5. The minimum atomic E-state index is -0.933. The molecule has 0 spiro atoms. The van der Waals surface area contributed by atoms with Crippen molar-refractivity contribution in [3.05, 3.63) is 103 Å². The van der Waals surface area contributed by atoms with Crippen LogP contribution >= 0.6 is 11.8 Å². The van der Waals surface area contributed by atoms with Gasteiger partial charge < -0.3 is 29.3 Å². The maximum absolute atomic E-state index is 9.90. The molecule has 7 rings (SSSR count). The molecule has 288 valence electrons. The molecular weight excluding hydrogens is 695 g/mol. The van der Waals surface area contributed by atoms with Gasteiger partial charge in [0.15, 0.2) is 0 Å². The number of aliphatic hydroxyl groups is 2. The predicted octanol–water partition coefficient (Wildman–Crippen LogP) is 10.5. The topological polar surface area (TPSA) is 89.7 Å². The van der Waals surface area contributed by atoms with Gasteiger partial charge >= 0.3 is 0 Å². The van der Waals surface area contributed by atoms with Gasteiger partial charge in [0.2, 0.25) is 5.79 Å². The lowest BCUT2D eigenvalue weighted by molar-refractivity contribution is -0.223. The van der Waals surface area contributed by atoms with Crippen molar-refractivity contribution in [1.29, 1.82) is 0 Å². The van der Waals surface area contributed by atoms with Crippen LogP contribution in [-0.2, 0) is 9.57 Å². The highest BCUT2D eigenvalue weighted by Gasteiger charge is 2.64. The molecule has 0 saturated heterocycles. The van der Waals surface area contributed by atoms with Crippen molar-refractivity contribution in [2.24, 2.45) is 22.9 Å². The highest BCUT2D eigenvalue weighted by Crippen LogP contribution is 2.63. The van der Waals surface area contributed by atoms with Gasteiger partial charge in [0, 0.05) is 36.4 Å². The number of hydrogen-bond donors (Lipinski definition) is 2. The quantitative estimate of drug-likeness (QED) is 0.0760. The summed E-state index contributed by atoms with van der Waals surface area (Å²) in [5, 5.41) is 25.1. The van der Waals surface area contributed by atoms with Crippen LogP contribution in [0.25, 0.3) is 11.1 Å². The third-order valence-electron chi connectivity index (χ3n) is 11.8. The third kappa shape index (κ3) is 8.32. The molecule has 8 heteroatoms. The average molecular weight is 752 g/mol.